The van der Waals surface area contributed by atoms with E-state index < -0.39 is 5.60 Å². The molecule has 1 fully saturated rings. The average Bonchev–Trinajstić information content (AvgIpc) is 3.14. The number of amides is 1. The van der Waals surface area contributed by atoms with Crippen LogP contribution < -0.4 is 5.32 Å². The van der Waals surface area contributed by atoms with Gasteiger partial charge >= 0.3 is 0 Å². The lowest BCUT2D eigenvalue weighted by Crippen LogP contribution is -2.44. The Hall–Kier alpha value is -1.73. The predicted octanol–water partition coefficient (Wildman–Crippen LogP) is 1.97. The van der Waals surface area contributed by atoms with Gasteiger partial charge in [-0.15, -0.1) is 11.3 Å². The predicted molar refractivity (Wildman–Crippen MR) is 84.7 cm³/mol. The van der Waals surface area contributed by atoms with Gasteiger partial charge in [0.05, 0.1) is 11.8 Å². The number of rotatable bonds is 4. The summed E-state index contributed by atoms with van der Waals surface area (Å²) < 4.78 is 1.70. The number of aryl methyl sites for hydroxylation is 1. The van der Waals surface area contributed by atoms with Crippen LogP contribution in [0, 0.1) is 0 Å². The van der Waals surface area contributed by atoms with Gasteiger partial charge in [0, 0.05) is 30.7 Å². The lowest BCUT2D eigenvalue weighted by molar-refractivity contribution is 0.00522. The normalized spacial score (nSPS) is 17.4. The minimum absolute atomic E-state index is 0.231. The van der Waals surface area contributed by atoms with Crippen LogP contribution in [0.25, 0.3) is 10.6 Å². The van der Waals surface area contributed by atoms with Crippen molar-refractivity contribution in [3.63, 3.8) is 0 Å². The number of nitrogens with one attached hydrogen (secondary N) is 1. The number of aromatic nitrogens is 3. The molecule has 3 rings (SSSR count). The van der Waals surface area contributed by atoms with E-state index in [1.165, 1.54) is 11.3 Å². The molecule has 7 heteroatoms. The molecular formula is C15H20N4O2S. The zero-order valence-corrected chi connectivity index (χ0v) is 13.4. The van der Waals surface area contributed by atoms with Gasteiger partial charge in [-0.25, -0.2) is 4.98 Å². The lowest BCUT2D eigenvalue weighted by atomic mass is 9.85. The van der Waals surface area contributed by atoms with Gasteiger partial charge in [-0.1, -0.05) is 19.3 Å². The third-order valence-corrected chi connectivity index (χ3v) is 4.94. The van der Waals surface area contributed by atoms with E-state index in [-0.39, 0.29) is 5.91 Å². The molecule has 0 bridgehead atoms. The maximum absolute atomic E-state index is 12.2. The fraction of sp³-hybridized carbons (Fsp3) is 0.533. The average molecular weight is 320 g/mol. The Labute approximate surface area is 133 Å². The summed E-state index contributed by atoms with van der Waals surface area (Å²) in [6.45, 7) is 0.297. The Bertz CT molecular complexity index is 658. The van der Waals surface area contributed by atoms with E-state index in [0.717, 1.165) is 42.7 Å². The molecule has 2 heterocycles. The van der Waals surface area contributed by atoms with Crippen molar-refractivity contribution in [1.29, 1.82) is 0 Å². The molecule has 118 valence electrons. The highest BCUT2D eigenvalue weighted by atomic mass is 32.1. The molecule has 0 atom stereocenters. The second-order valence-electron chi connectivity index (χ2n) is 5.91. The highest BCUT2D eigenvalue weighted by molar-refractivity contribution is 7.13. The van der Waals surface area contributed by atoms with Crippen molar-refractivity contribution < 1.29 is 9.90 Å². The van der Waals surface area contributed by atoms with Gasteiger partial charge in [0.25, 0.3) is 5.91 Å². The molecule has 1 aliphatic carbocycles. The summed E-state index contributed by atoms with van der Waals surface area (Å²) in [6, 6.07) is 0. The first-order valence-corrected chi connectivity index (χ1v) is 8.39. The largest absolute Gasteiger partial charge is 0.388 e. The molecule has 2 aromatic rings. The van der Waals surface area contributed by atoms with E-state index in [0.29, 0.717) is 12.2 Å². The van der Waals surface area contributed by atoms with Crippen LogP contribution in [0.15, 0.2) is 17.8 Å². The van der Waals surface area contributed by atoms with Crippen molar-refractivity contribution in [3.8, 4) is 10.6 Å². The highest BCUT2D eigenvalue weighted by Gasteiger charge is 2.29. The molecule has 1 aliphatic rings. The number of hydrogen-bond acceptors (Lipinski definition) is 5. The Morgan fingerprint density at radius 3 is 2.91 bits per heavy atom. The van der Waals surface area contributed by atoms with Gasteiger partial charge in [-0.05, 0) is 12.8 Å². The van der Waals surface area contributed by atoms with Crippen LogP contribution in [0.4, 0.5) is 0 Å². The quantitative estimate of drug-likeness (QED) is 0.902. The second kappa shape index (κ2) is 6.18. The lowest BCUT2D eigenvalue weighted by Gasteiger charge is -2.31. The topological polar surface area (TPSA) is 80.0 Å². The fourth-order valence-electron chi connectivity index (χ4n) is 2.76. The molecular weight excluding hydrogens is 300 g/mol. The molecule has 1 saturated carbocycles. The van der Waals surface area contributed by atoms with E-state index in [2.05, 4.69) is 15.4 Å². The van der Waals surface area contributed by atoms with Crippen LogP contribution in [0.3, 0.4) is 0 Å². The zero-order valence-electron chi connectivity index (χ0n) is 12.6. The molecule has 0 aliphatic heterocycles. The molecule has 0 unspecified atom stereocenters. The monoisotopic (exact) mass is 320 g/mol. The third-order valence-electron chi connectivity index (χ3n) is 4.05. The molecule has 22 heavy (non-hydrogen) atoms. The Morgan fingerprint density at radius 1 is 1.45 bits per heavy atom. The number of aliphatic hydroxyl groups is 1. The van der Waals surface area contributed by atoms with E-state index in [9.17, 15) is 9.90 Å². The number of carbonyl (C=O) groups is 1. The van der Waals surface area contributed by atoms with Gasteiger partial charge in [0.2, 0.25) is 0 Å². The summed E-state index contributed by atoms with van der Waals surface area (Å²) in [6.07, 6.45) is 8.31. The first kappa shape index (κ1) is 15.2. The van der Waals surface area contributed by atoms with Crippen molar-refractivity contribution >= 4 is 17.2 Å². The minimum atomic E-state index is -0.754. The Morgan fingerprint density at radius 2 is 2.23 bits per heavy atom. The maximum atomic E-state index is 12.2. The fourth-order valence-corrected chi connectivity index (χ4v) is 3.54. The van der Waals surface area contributed by atoms with E-state index in [1.807, 2.05) is 13.2 Å². The van der Waals surface area contributed by atoms with E-state index in [4.69, 9.17) is 0 Å². The number of thiazole rings is 1. The molecule has 0 saturated heterocycles. The van der Waals surface area contributed by atoms with Crippen molar-refractivity contribution in [1.82, 2.24) is 20.1 Å². The van der Waals surface area contributed by atoms with Crippen molar-refractivity contribution in [2.24, 2.45) is 7.05 Å². The summed E-state index contributed by atoms with van der Waals surface area (Å²) in [5.74, 6) is -0.231. The standard InChI is InChI=1S/C15H20N4O2S/c1-19-8-11(7-17-19)14-18-12(9-22-14)13(20)16-10-15(21)5-3-2-4-6-15/h7-9,21H,2-6,10H2,1H3,(H,16,20). The summed E-state index contributed by atoms with van der Waals surface area (Å²) in [5, 5.41) is 19.8. The molecule has 0 aromatic carbocycles. The first-order valence-electron chi connectivity index (χ1n) is 7.51. The van der Waals surface area contributed by atoms with Crippen LogP contribution in [0.2, 0.25) is 0 Å². The van der Waals surface area contributed by atoms with Gasteiger partial charge in [-0.3, -0.25) is 9.48 Å². The van der Waals surface area contributed by atoms with E-state index >= 15 is 0 Å². The van der Waals surface area contributed by atoms with Gasteiger partial charge in [0.1, 0.15) is 10.7 Å². The van der Waals surface area contributed by atoms with Crippen LogP contribution in [-0.4, -0.2) is 37.9 Å². The van der Waals surface area contributed by atoms with Crippen molar-refractivity contribution in [2.75, 3.05) is 6.54 Å². The second-order valence-corrected chi connectivity index (χ2v) is 6.77. The van der Waals surface area contributed by atoms with E-state index in [1.54, 1.807) is 16.3 Å². The smallest absolute Gasteiger partial charge is 0.270 e. The summed E-state index contributed by atoms with van der Waals surface area (Å²) in [7, 11) is 1.84. The SMILES string of the molecule is Cn1cc(-c2nc(C(=O)NCC3(O)CCCCC3)cs2)cn1. The number of nitrogens with zero attached hydrogens (tertiary/aromatic N) is 3. The Balaban J connectivity index is 1.62. The third kappa shape index (κ3) is 3.36. The minimum Gasteiger partial charge on any atom is -0.388 e. The number of carbonyl (C=O) groups excluding carboxylic acids is 1. The molecule has 0 spiro atoms. The maximum Gasteiger partial charge on any atom is 0.270 e. The summed E-state index contributed by atoms with van der Waals surface area (Å²) in [4.78, 5) is 16.5. The summed E-state index contributed by atoms with van der Waals surface area (Å²) >= 11 is 1.42. The molecule has 2 aromatic heterocycles. The van der Waals surface area contributed by atoms with Gasteiger partial charge in [0.15, 0.2) is 0 Å². The molecule has 0 radical (unpaired) electrons. The van der Waals surface area contributed by atoms with Crippen LogP contribution in [0.5, 0.6) is 0 Å². The molecule has 1 amide bonds. The van der Waals surface area contributed by atoms with Crippen molar-refractivity contribution in [3.05, 3.63) is 23.5 Å². The summed E-state index contributed by atoms with van der Waals surface area (Å²) in [5.41, 5.74) is 0.538. The van der Waals surface area contributed by atoms with Crippen LogP contribution in [0.1, 0.15) is 42.6 Å². The van der Waals surface area contributed by atoms with Crippen LogP contribution in [-0.2, 0) is 7.05 Å². The molecule has 6 nitrogen and oxygen atoms in total. The van der Waals surface area contributed by atoms with Crippen LogP contribution >= 0.6 is 11.3 Å². The number of hydrogen-bond donors (Lipinski definition) is 2. The van der Waals surface area contributed by atoms with Crippen molar-refractivity contribution in [2.45, 2.75) is 37.7 Å². The molecule has 2 N–H and O–H groups in total. The highest BCUT2D eigenvalue weighted by Crippen LogP contribution is 2.27. The Kier molecular flexibility index (Phi) is 4.26. The zero-order chi connectivity index (χ0) is 15.6. The van der Waals surface area contributed by atoms with Gasteiger partial charge in [-0.2, -0.15) is 5.10 Å². The van der Waals surface area contributed by atoms with Gasteiger partial charge < -0.3 is 10.4 Å². The first-order chi connectivity index (χ1) is 10.6.